The number of nitrogens with zero attached hydrogens (tertiary/aromatic N) is 2. The first-order chi connectivity index (χ1) is 8.06. The van der Waals surface area contributed by atoms with E-state index in [1.54, 1.807) is 24.0 Å². The predicted molar refractivity (Wildman–Crippen MR) is 62.7 cm³/mol. The van der Waals surface area contributed by atoms with Crippen LogP contribution in [0.4, 0.5) is 4.39 Å². The van der Waals surface area contributed by atoms with E-state index >= 15 is 0 Å². The van der Waals surface area contributed by atoms with E-state index in [9.17, 15) is 9.18 Å². The highest BCUT2D eigenvalue weighted by Crippen LogP contribution is 2.17. The van der Waals surface area contributed by atoms with Crippen molar-refractivity contribution in [3.63, 3.8) is 0 Å². The van der Waals surface area contributed by atoms with E-state index in [0.29, 0.717) is 11.3 Å². The van der Waals surface area contributed by atoms with Crippen LogP contribution in [0.25, 0.3) is 0 Å². The molecule has 0 amide bonds. The zero-order valence-electron chi connectivity index (χ0n) is 9.15. The normalized spacial score (nSPS) is 10.5. The van der Waals surface area contributed by atoms with Crippen LogP contribution in [0, 0.1) is 5.82 Å². The number of carbonyl (C=O) groups is 1. The maximum Gasteiger partial charge on any atom is 0.168 e. The van der Waals surface area contributed by atoms with E-state index in [0.717, 1.165) is 0 Å². The number of Topliss-reactive ketones (excluding diaryl/α,β-unsaturated/α-hetero) is 1. The van der Waals surface area contributed by atoms with Crippen LogP contribution in [-0.4, -0.2) is 15.6 Å². The molecule has 2 rings (SSSR count). The van der Waals surface area contributed by atoms with E-state index in [1.165, 1.54) is 18.2 Å². The zero-order valence-corrected chi connectivity index (χ0v) is 9.91. The SMILES string of the molecule is Cn1ccc(CC(=O)c2ccc(F)c(Cl)c2)n1. The Labute approximate surface area is 103 Å². The predicted octanol–water partition coefficient (Wildman–Crippen LogP) is 2.64. The molecule has 0 bridgehead atoms. The van der Waals surface area contributed by atoms with Crippen molar-refractivity contribution < 1.29 is 9.18 Å². The summed E-state index contributed by atoms with van der Waals surface area (Å²) in [6, 6.07) is 5.71. The summed E-state index contributed by atoms with van der Waals surface area (Å²) in [6.07, 6.45) is 1.95. The monoisotopic (exact) mass is 252 g/mol. The van der Waals surface area contributed by atoms with Crippen LogP contribution in [0.3, 0.4) is 0 Å². The summed E-state index contributed by atoms with van der Waals surface area (Å²) in [4.78, 5) is 11.9. The Morgan fingerprint density at radius 2 is 2.24 bits per heavy atom. The molecule has 0 aliphatic heterocycles. The zero-order chi connectivity index (χ0) is 12.4. The van der Waals surface area contributed by atoms with Gasteiger partial charge in [0.2, 0.25) is 0 Å². The minimum atomic E-state index is -0.527. The molecule has 0 spiro atoms. The van der Waals surface area contributed by atoms with Crippen molar-refractivity contribution in [2.24, 2.45) is 7.05 Å². The van der Waals surface area contributed by atoms with E-state index in [2.05, 4.69) is 5.10 Å². The Bertz CT molecular complexity index is 565. The molecule has 2 aromatic rings. The fourth-order valence-corrected chi connectivity index (χ4v) is 1.67. The number of hydrogen-bond donors (Lipinski definition) is 0. The van der Waals surface area contributed by atoms with Crippen LogP contribution in [0.5, 0.6) is 0 Å². The van der Waals surface area contributed by atoms with Gasteiger partial charge in [0.05, 0.1) is 17.1 Å². The molecule has 1 aromatic carbocycles. The second kappa shape index (κ2) is 4.67. The second-order valence-electron chi connectivity index (χ2n) is 3.71. The summed E-state index contributed by atoms with van der Waals surface area (Å²) in [5.41, 5.74) is 1.07. The fourth-order valence-electron chi connectivity index (χ4n) is 1.49. The first-order valence-electron chi connectivity index (χ1n) is 5.03. The number of aryl methyl sites for hydroxylation is 1. The Hall–Kier alpha value is -1.68. The van der Waals surface area contributed by atoms with Crippen LogP contribution in [0.2, 0.25) is 5.02 Å². The van der Waals surface area contributed by atoms with Gasteiger partial charge in [0.25, 0.3) is 0 Å². The van der Waals surface area contributed by atoms with Crippen LogP contribution in [-0.2, 0) is 13.5 Å². The quantitative estimate of drug-likeness (QED) is 0.787. The third kappa shape index (κ3) is 2.71. The van der Waals surface area contributed by atoms with E-state index in [-0.39, 0.29) is 17.2 Å². The van der Waals surface area contributed by atoms with Gasteiger partial charge in [-0.3, -0.25) is 9.48 Å². The molecular weight excluding hydrogens is 243 g/mol. The van der Waals surface area contributed by atoms with Crippen molar-refractivity contribution in [3.05, 3.63) is 52.6 Å². The number of hydrogen-bond acceptors (Lipinski definition) is 2. The van der Waals surface area contributed by atoms with Gasteiger partial charge in [-0.25, -0.2) is 4.39 Å². The lowest BCUT2D eigenvalue weighted by molar-refractivity contribution is 0.0992. The smallest absolute Gasteiger partial charge is 0.168 e. The van der Waals surface area contributed by atoms with Gasteiger partial charge in [0.1, 0.15) is 5.82 Å². The molecule has 0 saturated carbocycles. The standard InChI is InChI=1S/C12H10ClFN2O/c1-16-5-4-9(15-16)7-12(17)8-2-3-11(14)10(13)6-8/h2-6H,7H2,1H3. The lowest BCUT2D eigenvalue weighted by Gasteiger charge is -2.00. The van der Waals surface area contributed by atoms with Gasteiger partial charge in [-0.05, 0) is 24.3 Å². The van der Waals surface area contributed by atoms with Gasteiger partial charge in [0.15, 0.2) is 5.78 Å². The lowest BCUT2D eigenvalue weighted by Crippen LogP contribution is -2.05. The van der Waals surface area contributed by atoms with Crippen molar-refractivity contribution in [2.45, 2.75) is 6.42 Å². The van der Waals surface area contributed by atoms with Gasteiger partial charge in [0, 0.05) is 18.8 Å². The summed E-state index contributed by atoms with van der Waals surface area (Å²) in [6.45, 7) is 0. The average Bonchev–Trinajstić information content (AvgIpc) is 2.68. The van der Waals surface area contributed by atoms with Crippen molar-refractivity contribution in [2.75, 3.05) is 0 Å². The molecular formula is C12H10ClFN2O. The number of carbonyl (C=O) groups excluding carboxylic acids is 1. The van der Waals surface area contributed by atoms with Crippen LogP contribution in [0.1, 0.15) is 16.1 Å². The Morgan fingerprint density at radius 1 is 1.47 bits per heavy atom. The van der Waals surface area contributed by atoms with Gasteiger partial charge < -0.3 is 0 Å². The summed E-state index contributed by atoms with van der Waals surface area (Å²) in [7, 11) is 1.78. The molecule has 0 fully saturated rings. The number of aromatic nitrogens is 2. The molecule has 0 radical (unpaired) electrons. The van der Waals surface area contributed by atoms with Gasteiger partial charge in [-0.1, -0.05) is 11.6 Å². The van der Waals surface area contributed by atoms with Crippen molar-refractivity contribution >= 4 is 17.4 Å². The third-order valence-corrected chi connectivity index (χ3v) is 2.64. The number of benzene rings is 1. The van der Waals surface area contributed by atoms with Crippen molar-refractivity contribution in [1.29, 1.82) is 0 Å². The highest BCUT2D eigenvalue weighted by Gasteiger charge is 2.11. The van der Waals surface area contributed by atoms with Gasteiger partial charge >= 0.3 is 0 Å². The molecule has 1 aromatic heterocycles. The maximum atomic E-state index is 12.9. The number of rotatable bonds is 3. The lowest BCUT2D eigenvalue weighted by atomic mass is 10.1. The van der Waals surface area contributed by atoms with E-state index in [4.69, 9.17) is 11.6 Å². The van der Waals surface area contributed by atoms with Crippen molar-refractivity contribution in [3.8, 4) is 0 Å². The summed E-state index contributed by atoms with van der Waals surface area (Å²) < 4.78 is 14.6. The molecule has 88 valence electrons. The average molecular weight is 253 g/mol. The fraction of sp³-hybridized carbons (Fsp3) is 0.167. The Kier molecular flexibility index (Phi) is 3.24. The Morgan fingerprint density at radius 3 is 2.82 bits per heavy atom. The molecule has 0 unspecified atom stereocenters. The van der Waals surface area contributed by atoms with Crippen LogP contribution < -0.4 is 0 Å². The molecule has 0 saturated heterocycles. The number of halogens is 2. The van der Waals surface area contributed by atoms with E-state index in [1.807, 2.05) is 0 Å². The Balaban J connectivity index is 2.17. The van der Waals surface area contributed by atoms with Crippen molar-refractivity contribution in [1.82, 2.24) is 9.78 Å². The molecule has 0 N–H and O–H groups in total. The summed E-state index contributed by atoms with van der Waals surface area (Å²) in [5, 5.41) is 4.06. The topological polar surface area (TPSA) is 34.9 Å². The highest BCUT2D eigenvalue weighted by atomic mass is 35.5. The molecule has 3 nitrogen and oxygen atoms in total. The molecule has 5 heteroatoms. The maximum absolute atomic E-state index is 12.9. The number of ketones is 1. The van der Waals surface area contributed by atoms with Gasteiger partial charge in [-0.15, -0.1) is 0 Å². The largest absolute Gasteiger partial charge is 0.294 e. The molecule has 0 aliphatic rings. The van der Waals surface area contributed by atoms with Crippen LogP contribution in [0.15, 0.2) is 30.5 Å². The molecule has 1 heterocycles. The first kappa shape index (κ1) is 11.8. The summed E-state index contributed by atoms with van der Waals surface area (Å²) >= 11 is 5.62. The molecule has 0 aliphatic carbocycles. The second-order valence-corrected chi connectivity index (χ2v) is 4.12. The first-order valence-corrected chi connectivity index (χ1v) is 5.41. The molecule has 0 atom stereocenters. The summed E-state index contributed by atoms with van der Waals surface area (Å²) in [5.74, 6) is -0.661. The highest BCUT2D eigenvalue weighted by molar-refractivity contribution is 6.31. The molecule has 17 heavy (non-hydrogen) atoms. The van der Waals surface area contributed by atoms with Crippen LogP contribution >= 0.6 is 11.6 Å². The van der Waals surface area contributed by atoms with E-state index < -0.39 is 5.82 Å². The minimum absolute atomic E-state index is 0.0446. The van der Waals surface area contributed by atoms with Gasteiger partial charge in [-0.2, -0.15) is 5.10 Å². The third-order valence-electron chi connectivity index (χ3n) is 2.35. The minimum Gasteiger partial charge on any atom is -0.294 e.